The number of hydrogen-bond donors (Lipinski definition) is 1. The van der Waals surface area contributed by atoms with Crippen LogP contribution < -0.4 is 10.1 Å². The second kappa shape index (κ2) is 12.7. The minimum absolute atomic E-state index is 0.0515. The van der Waals surface area contributed by atoms with Crippen molar-refractivity contribution in [1.82, 2.24) is 10.2 Å². The maximum atomic E-state index is 13.5. The van der Waals surface area contributed by atoms with Gasteiger partial charge in [-0.3, -0.25) is 9.59 Å². The van der Waals surface area contributed by atoms with Crippen LogP contribution in [-0.4, -0.2) is 35.9 Å². The molecular weight excluding hydrogens is 495 g/mol. The molecule has 3 aromatic carbocycles. The summed E-state index contributed by atoms with van der Waals surface area (Å²) in [5.74, 6) is -0.154. The Balaban J connectivity index is 1.93. The summed E-state index contributed by atoms with van der Waals surface area (Å²) in [7, 11) is 0. The molecule has 0 spiro atoms. The average molecular weight is 520 g/mol. The highest BCUT2D eigenvalue weighted by Crippen LogP contribution is 2.27. The van der Waals surface area contributed by atoms with Crippen molar-refractivity contribution in [3.8, 4) is 5.75 Å². The molecule has 1 N–H and O–H groups in total. The first kappa shape index (κ1) is 25.9. The second-order valence-electron chi connectivity index (χ2n) is 7.56. The van der Waals surface area contributed by atoms with E-state index < -0.39 is 6.04 Å². The topological polar surface area (TPSA) is 58.6 Å². The highest BCUT2D eigenvalue weighted by atomic mass is 35.5. The number of likely N-dealkylation sites (N-methyl/N-ethyl adjacent to an activating group) is 1. The van der Waals surface area contributed by atoms with Gasteiger partial charge in [0.05, 0.1) is 0 Å². The maximum Gasteiger partial charge on any atom is 0.261 e. The Kier molecular flexibility index (Phi) is 9.63. The standard InChI is InChI=1S/C26H25Cl3N2O3/c1-2-30-26(33)24(15-18-7-4-3-5-8-18)31(16-21-22(28)9-6-10-23(21)29)25(32)17-34-20-13-11-19(27)12-14-20/h3-14,24H,2,15-17H2,1H3,(H,30,33)/t24-/m0/s1. The zero-order chi connectivity index (χ0) is 24.5. The fraction of sp³-hybridized carbons (Fsp3) is 0.231. The number of rotatable bonds is 10. The van der Waals surface area contributed by atoms with Crippen molar-refractivity contribution in [2.45, 2.75) is 25.9 Å². The number of nitrogens with zero attached hydrogens (tertiary/aromatic N) is 1. The van der Waals surface area contributed by atoms with E-state index in [1.54, 1.807) is 42.5 Å². The van der Waals surface area contributed by atoms with E-state index in [0.29, 0.717) is 39.3 Å². The van der Waals surface area contributed by atoms with E-state index in [1.807, 2.05) is 37.3 Å². The van der Waals surface area contributed by atoms with Gasteiger partial charge in [0, 0.05) is 40.1 Å². The molecule has 0 radical (unpaired) electrons. The van der Waals surface area contributed by atoms with E-state index in [9.17, 15) is 9.59 Å². The van der Waals surface area contributed by atoms with Crippen LogP contribution in [0.1, 0.15) is 18.1 Å². The van der Waals surface area contributed by atoms with Gasteiger partial charge in [-0.15, -0.1) is 0 Å². The van der Waals surface area contributed by atoms with E-state index in [4.69, 9.17) is 39.5 Å². The lowest BCUT2D eigenvalue weighted by Crippen LogP contribution is -2.51. The Morgan fingerprint density at radius 1 is 0.912 bits per heavy atom. The monoisotopic (exact) mass is 518 g/mol. The van der Waals surface area contributed by atoms with Crippen LogP contribution in [-0.2, 0) is 22.6 Å². The summed E-state index contributed by atoms with van der Waals surface area (Å²) in [4.78, 5) is 28.1. The molecule has 0 aliphatic carbocycles. The highest BCUT2D eigenvalue weighted by molar-refractivity contribution is 6.36. The van der Waals surface area contributed by atoms with E-state index in [1.165, 1.54) is 4.90 Å². The van der Waals surface area contributed by atoms with Crippen molar-refractivity contribution < 1.29 is 14.3 Å². The molecule has 0 heterocycles. The molecule has 34 heavy (non-hydrogen) atoms. The predicted molar refractivity (Wildman–Crippen MR) is 137 cm³/mol. The lowest BCUT2D eigenvalue weighted by atomic mass is 10.0. The van der Waals surface area contributed by atoms with Crippen LogP contribution in [0.2, 0.25) is 15.1 Å². The Labute approximate surface area is 214 Å². The van der Waals surface area contributed by atoms with Crippen LogP contribution >= 0.6 is 34.8 Å². The molecule has 3 rings (SSSR count). The van der Waals surface area contributed by atoms with Crippen LogP contribution in [0.4, 0.5) is 0 Å². The lowest BCUT2D eigenvalue weighted by molar-refractivity contribution is -0.142. The Hall–Kier alpha value is -2.73. The van der Waals surface area contributed by atoms with Gasteiger partial charge in [-0.25, -0.2) is 0 Å². The van der Waals surface area contributed by atoms with Gasteiger partial charge in [0.15, 0.2) is 6.61 Å². The Morgan fingerprint density at radius 2 is 1.56 bits per heavy atom. The third-order valence-electron chi connectivity index (χ3n) is 5.19. The molecule has 178 valence electrons. The molecule has 3 aromatic rings. The predicted octanol–water partition coefficient (Wildman–Crippen LogP) is 5.80. The van der Waals surface area contributed by atoms with Crippen LogP contribution in [0.5, 0.6) is 5.75 Å². The molecule has 5 nitrogen and oxygen atoms in total. The maximum absolute atomic E-state index is 13.5. The summed E-state index contributed by atoms with van der Waals surface area (Å²) >= 11 is 18.7. The van der Waals surface area contributed by atoms with E-state index in [-0.39, 0.29) is 25.0 Å². The fourth-order valence-corrected chi connectivity index (χ4v) is 4.10. The first-order valence-electron chi connectivity index (χ1n) is 10.8. The number of hydrogen-bond acceptors (Lipinski definition) is 3. The number of ether oxygens (including phenoxy) is 1. The third-order valence-corrected chi connectivity index (χ3v) is 6.15. The van der Waals surface area contributed by atoms with Gasteiger partial charge in [-0.05, 0) is 48.9 Å². The molecule has 0 unspecified atom stereocenters. The van der Waals surface area contributed by atoms with Crippen LogP contribution in [0.15, 0.2) is 72.8 Å². The van der Waals surface area contributed by atoms with Gasteiger partial charge in [-0.2, -0.15) is 0 Å². The number of halogens is 3. The van der Waals surface area contributed by atoms with Crippen molar-refractivity contribution in [3.05, 3.63) is 99.0 Å². The summed E-state index contributed by atoms with van der Waals surface area (Å²) in [6.45, 7) is 2.04. The number of carbonyl (C=O) groups is 2. The van der Waals surface area contributed by atoms with Gasteiger partial charge >= 0.3 is 0 Å². The van der Waals surface area contributed by atoms with Gasteiger partial charge in [-0.1, -0.05) is 71.2 Å². The number of nitrogens with one attached hydrogen (secondary N) is 1. The quantitative estimate of drug-likeness (QED) is 0.368. The summed E-state index contributed by atoms with van der Waals surface area (Å²) in [5.41, 5.74) is 1.48. The first-order valence-corrected chi connectivity index (χ1v) is 11.9. The smallest absolute Gasteiger partial charge is 0.261 e. The molecule has 0 saturated carbocycles. The third kappa shape index (κ3) is 7.13. The Morgan fingerprint density at radius 3 is 2.18 bits per heavy atom. The highest BCUT2D eigenvalue weighted by Gasteiger charge is 2.31. The van der Waals surface area contributed by atoms with Crippen molar-refractivity contribution in [2.24, 2.45) is 0 Å². The fourth-order valence-electron chi connectivity index (χ4n) is 3.46. The molecule has 2 amide bonds. The molecule has 1 atom stereocenters. The summed E-state index contributed by atoms with van der Waals surface area (Å²) < 4.78 is 5.69. The van der Waals surface area contributed by atoms with Gasteiger partial charge in [0.25, 0.3) is 5.91 Å². The largest absolute Gasteiger partial charge is 0.484 e. The molecular formula is C26H25Cl3N2O3. The molecule has 0 aliphatic rings. The zero-order valence-corrected chi connectivity index (χ0v) is 20.9. The first-order chi connectivity index (χ1) is 16.4. The summed E-state index contributed by atoms with van der Waals surface area (Å²) in [6.07, 6.45) is 0.321. The molecule has 0 aliphatic heterocycles. The summed E-state index contributed by atoms with van der Waals surface area (Å²) in [6, 6.07) is 20.6. The normalized spacial score (nSPS) is 11.5. The average Bonchev–Trinajstić information content (AvgIpc) is 2.83. The van der Waals surface area contributed by atoms with Crippen LogP contribution in [0.3, 0.4) is 0 Å². The van der Waals surface area contributed by atoms with Gasteiger partial charge < -0.3 is 15.0 Å². The van der Waals surface area contributed by atoms with E-state index in [0.717, 1.165) is 5.56 Å². The molecule has 0 saturated heterocycles. The second-order valence-corrected chi connectivity index (χ2v) is 8.82. The molecule has 8 heteroatoms. The Bertz CT molecular complexity index is 1090. The van der Waals surface area contributed by atoms with E-state index in [2.05, 4.69) is 5.32 Å². The van der Waals surface area contributed by atoms with Gasteiger partial charge in [0.2, 0.25) is 5.91 Å². The van der Waals surface area contributed by atoms with Crippen LogP contribution in [0, 0.1) is 0 Å². The lowest BCUT2D eigenvalue weighted by Gasteiger charge is -2.32. The minimum atomic E-state index is -0.795. The zero-order valence-electron chi connectivity index (χ0n) is 18.6. The SMILES string of the molecule is CCNC(=O)[C@H](Cc1ccccc1)N(Cc1c(Cl)cccc1Cl)C(=O)COc1ccc(Cl)cc1. The van der Waals surface area contributed by atoms with Gasteiger partial charge in [0.1, 0.15) is 11.8 Å². The minimum Gasteiger partial charge on any atom is -0.484 e. The van der Waals surface area contributed by atoms with Crippen LogP contribution in [0.25, 0.3) is 0 Å². The molecule has 0 aromatic heterocycles. The van der Waals surface area contributed by atoms with Crippen molar-refractivity contribution in [3.63, 3.8) is 0 Å². The summed E-state index contributed by atoms with van der Waals surface area (Å²) in [5, 5.41) is 4.23. The number of carbonyl (C=O) groups excluding carboxylic acids is 2. The number of benzene rings is 3. The van der Waals surface area contributed by atoms with Crippen molar-refractivity contribution in [2.75, 3.05) is 13.2 Å². The molecule has 0 bridgehead atoms. The van der Waals surface area contributed by atoms with Crippen molar-refractivity contribution in [1.29, 1.82) is 0 Å². The van der Waals surface area contributed by atoms with Crippen molar-refractivity contribution >= 4 is 46.6 Å². The van der Waals surface area contributed by atoms with E-state index >= 15 is 0 Å². The number of amides is 2. The molecule has 0 fully saturated rings.